The van der Waals surface area contributed by atoms with Gasteiger partial charge in [0, 0.05) is 6.42 Å². The van der Waals surface area contributed by atoms with Crippen molar-refractivity contribution in [1.82, 2.24) is 10.2 Å². The van der Waals surface area contributed by atoms with Crippen LogP contribution in [0.2, 0.25) is 0 Å². The highest BCUT2D eigenvalue weighted by molar-refractivity contribution is 5.80. The Bertz CT molecular complexity index is 706. The predicted molar refractivity (Wildman–Crippen MR) is 105 cm³/mol. The molecule has 0 aliphatic carbocycles. The molecule has 2 atom stereocenters. The van der Waals surface area contributed by atoms with Crippen molar-refractivity contribution >= 4 is 11.9 Å². The van der Waals surface area contributed by atoms with Gasteiger partial charge in [0.05, 0.1) is 25.8 Å². The van der Waals surface area contributed by atoms with E-state index in [0.29, 0.717) is 31.9 Å². The largest absolute Gasteiger partial charge is 0.490 e. The highest BCUT2D eigenvalue weighted by atomic mass is 16.5. The Labute approximate surface area is 166 Å². The molecule has 1 amide bonds. The number of carbonyl (C=O) groups is 2. The molecule has 1 fully saturated rings. The molecule has 7 nitrogen and oxygen atoms in total. The van der Waals surface area contributed by atoms with E-state index in [1.807, 2.05) is 18.2 Å². The van der Waals surface area contributed by atoms with Gasteiger partial charge in [-0.05, 0) is 43.0 Å². The van der Waals surface area contributed by atoms with Crippen molar-refractivity contribution in [3.63, 3.8) is 0 Å². The number of piperidine rings is 1. The van der Waals surface area contributed by atoms with Gasteiger partial charge in [0.25, 0.3) is 0 Å². The first-order chi connectivity index (χ1) is 13.5. The first kappa shape index (κ1) is 20.5. The Kier molecular flexibility index (Phi) is 6.78. The number of carbonyl (C=O) groups excluding carboxylic acids is 1. The van der Waals surface area contributed by atoms with Crippen LogP contribution in [-0.4, -0.2) is 54.2 Å². The third kappa shape index (κ3) is 4.95. The van der Waals surface area contributed by atoms with E-state index in [0.717, 1.165) is 30.6 Å². The summed E-state index contributed by atoms with van der Waals surface area (Å²) in [6.07, 6.45) is 3.25. The second kappa shape index (κ2) is 9.28. The third-order valence-corrected chi connectivity index (χ3v) is 5.36. The molecule has 2 unspecified atom stereocenters. The molecule has 154 valence electrons. The molecule has 2 heterocycles. The average Bonchev–Trinajstić information content (AvgIpc) is 2.91. The zero-order valence-corrected chi connectivity index (χ0v) is 16.6. The number of hydrogen-bond acceptors (Lipinski definition) is 5. The maximum atomic E-state index is 12.7. The minimum Gasteiger partial charge on any atom is -0.490 e. The topological polar surface area (TPSA) is 88.1 Å². The van der Waals surface area contributed by atoms with E-state index in [1.54, 1.807) is 4.90 Å². The first-order valence-electron chi connectivity index (χ1n) is 10.1. The van der Waals surface area contributed by atoms with Crippen LogP contribution in [0.3, 0.4) is 0 Å². The molecular formula is C21H30N2O5. The minimum atomic E-state index is -0.851. The van der Waals surface area contributed by atoms with Crippen LogP contribution in [0.15, 0.2) is 18.2 Å². The maximum absolute atomic E-state index is 12.7. The molecule has 0 bridgehead atoms. The lowest BCUT2D eigenvalue weighted by Gasteiger charge is -2.33. The maximum Gasteiger partial charge on any atom is 0.320 e. The lowest BCUT2D eigenvalue weighted by Crippen LogP contribution is -2.49. The van der Waals surface area contributed by atoms with E-state index in [2.05, 4.69) is 19.2 Å². The third-order valence-electron chi connectivity index (χ3n) is 5.36. The molecule has 0 radical (unpaired) electrons. The van der Waals surface area contributed by atoms with Crippen molar-refractivity contribution < 1.29 is 24.2 Å². The molecule has 0 saturated carbocycles. The first-order valence-corrected chi connectivity index (χ1v) is 10.1. The summed E-state index contributed by atoms with van der Waals surface area (Å²) in [6, 6.07) is 5.03. The number of fused-ring (bicyclic) bond motifs is 1. The van der Waals surface area contributed by atoms with Gasteiger partial charge >= 0.3 is 5.97 Å². The molecule has 0 aromatic heterocycles. The van der Waals surface area contributed by atoms with Crippen LogP contribution in [-0.2, 0) is 9.59 Å². The molecule has 1 saturated heterocycles. The number of nitrogens with one attached hydrogen (secondary N) is 1. The van der Waals surface area contributed by atoms with Crippen molar-refractivity contribution in [2.45, 2.75) is 51.6 Å². The van der Waals surface area contributed by atoms with Crippen molar-refractivity contribution in [2.24, 2.45) is 5.92 Å². The Morgan fingerprint density at radius 1 is 1.18 bits per heavy atom. The molecule has 2 aliphatic heterocycles. The van der Waals surface area contributed by atoms with Crippen molar-refractivity contribution in [1.29, 1.82) is 0 Å². The summed E-state index contributed by atoms with van der Waals surface area (Å²) in [6.45, 7) is 6.09. The number of hydrogen-bond donors (Lipinski definition) is 2. The van der Waals surface area contributed by atoms with Gasteiger partial charge in [0.2, 0.25) is 5.91 Å². The summed E-state index contributed by atoms with van der Waals surface area (Å²) in [4.78, 5) is 25.9. The van der Waals surface area contributed by atoms with Crippen molar-refractivity contribution in [3.05, 3.63) is 23.8 Å². The minimum absolute atomic E-state index is 0.102. The van der Waals surface area contributed by atoms with Crippen molar-refractivity contribution in [3.8, 4) is 11.5 Å². The van der Waals surface area contributed by atoms with Gasteiger partial charge < -0.3 is 19.9 Å². The van der Waals surface area contributed by atoms with Crippen LogP contribution in [0.4, 0.5) is 0 Å². The zero-order chi connectivity index (χ0) is 20.1. The van der Waals surface area contributed by atoms with Gasteiger partial charge in [0.1, 0.15) is 6.04 Å². The smallest absolute Gasteiger partial charge is 0.320 e. The van der Waals surface area contributed by atoms with E-state index < -0.39 is 12.0 Å². The normalized spacial score (nSPS) is 21.0. The second-order valence-corrected chi connectivity index (χ2v) is 7.87. The molecule has 1 aromatic carbocycles. The molecule has 2 aliphatic rings. The number of carboxylic acids is 1. The van der Waals surface area contributed by atoms with E-state index in [1.165, 1.54) is 0 Å². The van der Waals surface area contributed by atoms with Gasteiger partial charge in [-0.3, -0.25) is 14.5 Å². The standard InChI is InChI=1S/C21H30N2O5/c1-14(2)20(15-7-8-17-18(12-15)28-11-5-10-27-17)22-19(24)13-23-9-4-3-6-16(23)21(25)26/h7-8,12,14,16,20H,3-6,9-11,13H2,1-2H3,(H,22,24)(H,25,26). The second-order valence-electron chi connectivity index (χ2n) is 7.87. The fourth-order valence-corrected chi connectivity index (χ4v) is 3.87. The number of carboxylic acid groups (broad SMARTS) is 1. The summed E-state index contributed by atoms with van der Waals surface area (Å²) in [5, 5.41) is 12.5. The molecular weight excluding hydrogens is 360 g/mol. The molecule has 28 heavy (non-hydrogen) atoms. The fraction of sp³-hybridized carbons (Fsp3) is 0.619. The van der Waals surface area contributed by atoms with Crippen LogP contribution < -0.4 is 14.8 Å². The Morgan fingerprint density at radius 2 is 1.93 bits per heavy atom. The van der Waals surface area contributed by atoms with E-state index in [4.69, 9.17) is 9.47 Å². The molecule has 2 N–H and O–H groups in total. The Hall–Kier alpha value is -2.28. The van der Waals surface area contributed by atoms with Crippen LogP contribution >= 0.6 is 0 Å². The Balaban J connectivity index is 1.70. The van der Waals surface area contributed by atoms with E-state index >= 15 is 0 Å². The van der Waals surface area contributed by atoms with Gasteiger partial charge in [-0.2, -0.15) is 0 Å². The van der Waals surface area contributed by atoms with E-state index in [-0.39, 0.29) is 24.4 Å². The van der Waals surface area contributed by atoms with E-state index in [9.17, 15) is 14.7 Å². The summed E-state index contributed by atoms with van der Waals surface area (Å²) < 4.78 is 11.5. The summed E-state index contributed by atoms with van der Waals surface area (Å²) in [7, 11) is 0. The zero-order valence-electron chi connectivity index (χ0n) is 16.6. The van der Waals surface area contributed by atoms with Gasteiger partial charge in [-0.15, -0.1) is 0 Å². The lowest BCUT2D eigenvalue weighted by molar-refractivity contribution is -0.145. The highest BCUT2D eigenvalue weighted by Gasteiger charge is 2.30. The van der Waals surface area contributed by atoms with Gasteiger partial charge in [0.15, 0.2) is 11.5 Å². The quantitative estimate of drug-likeness (QED) is 0.776. The Morgan fingerprint density at radius 3 is 2.64 bits per heavy atom. The monoisotopic (exact) mass is 390 g/mol. The summed E-state index contributed by atoms with van der Waals surface area (Å²) in [5.41, 5.74) is 0.959. The number of amides is 1. The fourth-order valence-electron chi connectivity index (χ4n) is 3.87. The van der Waals surface area contributed by atoms with Crippen LogP contribution in [0, 0.1) is 5.92 Å². The number of aliphatic carboxylic acids is 1. The van der Waals surface area contributed by atoms with Crippen LogP contribution in [0.25, 0.3) is 0 Å². The number of benzene rings is 1. The van der Waals surface area contributed by atoms with Crippen LogP contribution in [0.5, 0.6) is 11.5 Å². The highest BCUT2D eigenvalue weighted by Crippen LogP contribution is 2.34. The molecule has 7 heteroatoms. The van der Waals surface area contributed by atoms with Crippen LogP contribution in [0.1, 0.15) is 51.1 Å². The molecule has 1 aromatic rings. The summed E-state index contributed by atoms with van der Waals surface area (Å²) >= 11 is 0. The van der Waals surface area contributed by atoms with Gasteiger partial charge in [-0.1, -0.05) is 26.3 Å². The molecule has 3 rings (SSSR count). The number of likely N-dealkylation sites (tertiary alicyclic amines) is 1. The lowest BCUT2D eigenvalue weighted by atomic mass is 9.95. The van der Waals surface area contributed by atoms with Crippen molar-refractivity contribution in [2.75, 3.05) is 26.3 Å². The average molecular weight is 390 g/mol. The predicted octanol–water partition coefficient (Wildman–Crippen LogP) is 2.60. The number of rotatable bonds is 6. The number of ether oxygens (including phenoxy) is 2. The molecule has 0 spiro atoms. The van der Waals surface area contributed by atoms with Gasteiger partial charge in [-0.25, -0.2) is 0 Å². The SMILES string of the molecule is CC(C)C(NC(=O)CN1CCCCC1C(=O)O)c1ccc2c(c1)OCCCO2. The number of nitrogens with zero attached hydrogens (tertiary/aromatic N) is 1. The summed E-state index contributed by atoms with van der Waals surface area (Å²) in [5.74, 6) is 0.602.